The van der Waals surface area contributed by atoms with Crippen molar-refractivity contribution in [2.45, 2.75) is 59.6 Å². The van der Waals surface area contributed by atoms with Gasteiger partial charge in [-0.1, -0.05) is 31.6 Å². The van der Waals surface area contributed by atoms with Crippen molar-refractivity contribution in [1.82, 2.24) is 9.88 Å². The Labute approximate surface area is 257 Å². The number of aliphatic hydroxyl groups is 2. The summed E-state index contributed by atoms with van der Waals surface area (Å²) in [4.78, 5) is 34.0. The van der Waals surface area contributed by atoms with E-state index in [-0.39, 0.29) is 36.6 Å². The number of rotatable bonds is 10. The lowest BCUT2D eigenvalue weighted by atomic mass is 9.66. The lowest BCUT2D eigenvalue weighted by Crippen LogP contribution is -2.39. The highest BCUT2D eigenvalue weighted by atomic mass is 32.1. The Bertz CT molecular complexity index is 1520. The summed E-state index contributed by atoms with van der Waals surface area (Å²) in [7, 11) is 0. The normalized spacial score (nSPS) is 21.6. The van der Waals surface area contributed by atoms with E-state index in [9.17, 15) is 24.9 Å². The molecule has 3 N–H and O–H groups in total. The zero-order valence-corrected chi connectivity index (χ0v) is 26.0. The van der Waals surface area contributed by atoms with Crippen LogP contribution in [0, 0.1) is 37.5 Å². The highest BCUT2D eigenvalue weighted by Crippen LogP contribution is 2.48. The van der Waals surface area contributed by atoms with E-state index in [0.717, 1.165) is 38.4 Å². The molecule has 0 saturated carbocycles. The van der Waals surface area contributed by atoms with Gasteiger partial charge in [0.1, 0.15) is 5.75 Å². The molecule has 226 valence electrons. The minimum Gasteiger partial charge on any atom is -0.507 e. The molecule has 2 aromatic heterocycles. The second kappa shape index (κ2) is 13.0. The largest absolute Gasteiger partial charge is 0.507 e. The molecule has 5 rings (SSSR count). The van der Waals surface area contributed by atoms with Gasteiger partial charge in [0.05, 0.1) is 36.8 Å². The summed E-state index contributed by atoms with van der Waals surface area (Å²) in [5.41, 5.74) is 5.88. The average molecular weight is 601 g/mol. The maximum Gasteiger partial charge on any atom is 0.234 e. The van der Waals surface area contributed by atoms with Crippen molar-refractivity contribution in [3.63, 3.8) is 0 Å². The number of phenolic OH excluding ortho intramolecular Hbond substituents is 1. The van der Waals surface area contributed by atoms with Gasteiger partial charge in [0.2, 0.25) is 11.8 Å². The smallest absolute Gasteiger partial charge is 0.234 e. The van der Waals surface area contributed by atoms with E-state index in [2.05, 4.69) is 4.98 Å². The SMILES string of the molecule is Cc1cc(/C=C(/CC[C@@H](O)C2=C(C(C)C)C[C@H]3C(=O)N(Cc4cccs4)C(=O)[C@H]3[C@H]2CO)c2ccccn2)cc(C)c1O. The third kappa shape index (κ3) is 6.23. The molecule has 1 aliphatic heterocycles. The van der Waals surface area contributed by atoms with E-state index in [1.165, 1.54) is 16.2 Å². The number of phenols is 1. The number of imide groups is 1. The quantitative estimate of drug-likeness (QED) is 0.197. The van der Waals surface area contributed by atoms with Crippen molar-refractivity contribution in [2.75, 3.05) is 6.61 Å². The van der Waals surface area contributed by atoms with Crippen molar-refractivity contribution in [3.05, 3.63) is 92.4 Å². The molecule has 0 unspecified atom stereocenters. The van der Waals surface area contributed by atoms with Crippen molar-refractivity contribution >= 4 is 34.8 Å². The number of aromatic hydroxyl groups is 1. The van der Waals surface area contributed by atoms with Gasteiger partial charge >= 0.3 is 0 Å². The molecule has 0 bridgehead atoms. The summed E-state index contributed by atoms with van der Waals surface area (Å²) in [5, 5.41) is 34.6. The number of aliphatic hydroxyl groups excluding tert-OH is 2. The van der Waals surface area contributed by atoms with Crippen LogP contribution in [0.2, 0.25) is 0 Å². The van der Waals surface area contributed by atoms with Gasteiger partial charge in [-0.2, -0.15) is 0 Å². The minimum absolute atomic E-state index is 0.0441. The Balaban J connectivity index is 1.44. The first kappa shape index (κ1) is 30.9. The number of aromatic nitrogens is 1. The zero-order valence-electron chi connectivity index (χ0n) is 25.2. The number of aryl methyl sites for hydroxylation is 2. The molecule has 3 aromatic rings. The van der Waals surface area contributed by atoms with Gasteiger partial charge in [-0.05, 0) is 109 Å². The maximum atomic E-state index is 13.7. The van der Waals surface area contributed by atoms with Crippen molar-refractivity contribution in [1.29, 1.82) is 0 Å². The third-order valence-electron chi connectivity index (χ3n) is 8.89. The van der Waals surface area contributed by atoms with Gasteiger partial charge in [0.15, 0.2) is 0 Å². The number of nitrogens with zero attached hydrogens (tertiary/aromatic N) is 2. The first-order chi connectivity index (χ1) is 20.6. The standard InChI is InChI=1S/C35H40N2O5S/c1-20(2)26-17-27-32(35(42)37(34(27)41)18-25-8-7-13-43-25)28(19-38)31(26)30(39)11-10-24(29-9-5-6-12-36-29)16-23-14-21(3)33(40)22(4)15-23/h5-9,12-16,20,27-28,30,32,38-40H,10-11,17-19H2,1-4H3/b24-16-/t27-,28+,30-,32-/m1/s1. The molecule has 43 heavy (non-hydrogen) atoms. The van der Waals surface area contributed by atoms with Crippen LogP contribution in [0.15, 0.2) is 65.2 Å². The Kier molecular flexibility index (Phi) is 9.30. The van der Waals surface area contributed by atoms with E-state index < -0.39 is 23.9 Å². The van der Waals surface area contributed by atoms with E-state index in [0.29, 0.717) is 24.8 Å². The van der Waals surface area contributed by atoms with E-state index in [1.54, 1.807) is 6.20 Å². The molecule has 1 aliphatic carbocycles. The van der Waals surface area contributed by atoms with Gasteiger partial charge in [-0.15, -0.1) is 11.3 Å². The predicted molar refractivity (Wildman–Crippen MR) is 169 cm³/mol. The summed E-state index contributed by atoms with van der Waals surface area (Å²) in [6.45, 7) is 7.73. The summed E-state index contributed by atoms with van der Waals surface area (Å²) in [5.74, 6) is -1.96. The number of carbonyl (C=O) groups is 2. The van der Waals surface area contributed by atoms with Crippen molar-refractivity contribution in [3.8, 4) is 5.75 Å². The Morgan fingerprint density at radius 1 is 1.12 bits per heavy atom. The van der Waals surface area contributed by atoms with Gasteiger partial charge in [0, 0.05) is 17.0 Å². The number of pyridine rings is 1. The fourth-order valence-corrected chi connectivity index (χ4v) is 7.47. The zero-order chi connectivity index (χ0) is 30.8. The van der Waals surface area contributed by atoms with Gasteiger partial charge < -0.3 is 15.3 Å². The molecular weight excluding hydrogens is 560 g/mol. The summed E-state index contributed by atoms with van der Waals surface area (Å²) < 4.78 is 0. The minimum atomic E-state index is -0.903. The number of benzene rings is 1. The number of hydrogen-bond donors (Lipinski definition) is 3. The van der Waals surface area contributed by atoms with Gasteiger partial charge in [0.25, 0.3) is 0 Å². The Morgan fingerprint density at radius 3 is 2.47 bits per heavy atom. The molecule has 2 aliphatic rings. The number of thiophene rings is 1. The van der Waals surface area contributed by atoms with Gasteiger partial charge in [-0.3, -0.25) is 19.5 Å². The molecule has 3 heterocycles. The van der Waals surface area contributed by atoms with Crippen molar-refractivity contribution < 1.29 is 24.9 Å². The van der Waals surface area contributed by atoms with E-state index in [4.69, 9.17) is 0 Å². The molecular formula is C35H40N2O5S. The van der Waals surface area contributed by atoms with Crippen LogP contribution in [0.4, 0.5) is 0 Å². The highest BCUT2D eigenvalue weighted by Gasteiger charge is 2.55. The second-order valence-electron chi connectivity index (χ2n) is 12.0. The maximum absolute atomic E-state index is 13.7. The fourth-order valence-electron chi connectivity index (χ4n) is 6.77. The molecule has 1 fully saturated rings. The van der Waals surface area contributed by atoms with E-state index >= 15 is 0 Å². The lowest BCUT2D eigenvalue weighted by Gasteiger charge is -2.38. The summed E-state index contributed by atoms with van der Waals surface area (Å²) in [6.07, 6.45) is 4.13. The van der Waals surface area contributed by atoms with Gasteiger partial charge in [-0.25, -0.2) is 0 Å². The molecule has 2 amide bonds. The van der Waals surface area contributed by atoms with Crippen molar-refractivity contribution in [2.24, 2.45) is 23.7 Å². The first-order valence-electron chi connectivity index (χ1n) is 14.9. The Morgan fingerprint density at radius 2 is 1.86 bits per heavy atom. The van der Waals surface area contributed by atoms with Crippen LogP contribution >= 0.6 is 11.3 Å². The molecule has 0 spiro atoms. The third-order valence-corrected chi connectivity index (χ3v) is 9.75. The van der Waals surface area contributed by atoms with Crippen LogP contribution in [0.3, 0.4) is 0 Å². The first-order valence-corrected chi connectivity index (χ1v) is 15.8. The number of likely N-dealkylation sites (tertiary alicyclic amines) is 1. The van der Waals surface area contributed by atoms with Crippen LogP contribution in [0.5, 0.6) is 5.75 Å². The molecule has 4 atom stereocenters. The second-order valence-corrected chi connectivity index (χ2v) is 13.1. The molecule has 0 radical (unpaired) electrons. The number of hydrogen-bond acceptors (Lipinski definition) is 7. The monoisotopic (exact) mass is 600 g/mol. The average Bonchev–Trinajstić information content (AvgIpc) is 3.60. The molecule has 1 saturated heterocycles. The molecule has 7 nitrogen and oxygen atoms in total. The number of amides is 2. The van der Waals surface area contributed by atoms with E-state index in [1.807, 2.05) is 81.6 Å². The van der Waals surface area contributed by atoms with Crippen LogP contribution in [0.1, 0.15) is 60.4 Å². The summed E-state index contributed by atoms with van der Waals surface area (Å²) in [6, 6.07) is 13.4. The number of carbonyl (C=O) groups excluding carboxylic acids is 2. The number of fused-ring (bicyclic) bond motifs is 1. The lowest BCUT2D eigenvalue weighted by molar-refractivity contribution is -0.140. The van der Waals surface area contributed by atoms with Crippen LogP contribution in [0.25, 0.3) is 11.6 Å². The Hall–Kier alpha value is -3.59. The topological polar surface area (TPSA) is 111 Å². The predicted octanol–water partition coefficient (Wildman–Crippen LogP) is 5.91. The molecule has 1 aromatic carbocycles. The van der Waals surface area contributed by atoms with Crippen LogP contribution in [-0.2, 0) is 16.1 Å². The summed E-state index contributed by atoms with van der Waals surface area (Å²) >= 11 is 1.51. The van der Waals surface area contributed by atoms with Crippen LogP contribution < -0.4 is 0 Å². The molecule has 8 heteroatoms. The van der Waals surface area contributed by atoms with Crippen LogP contribution in [-0.4, -0.2) is 49.7 Å². The highest BCUT2D eigenvalue weighted by molar-refractivity contribution is 7.09. The number of allylic oxidation sites excluding steroid dienone is 2. The fraction of sp³-hybridized carbons (Fsp3) is 0.400.